The molecule has 1 amide bonds. The Morgan fingerprint density at radius 2 is 2.08 bits per heavy atom. The highest BCUT2D eigenvalue weighted by atomic mass is 16.3. The van der Waals surface area contributed by atoms with E-state index >= 15 is 0 Å². The molecule has 68 valence electrons. The van der Waals surface area contributed by atoms with Crippen LogP contribution in [0.3, 0.4) is 0 Å². The predicted molar refractivity (Wildman–Crippen MR) is 45.7 cm³/mol. The molecule has 0 aromatic heterocycles. The maximum absolute atomic E-state index is 11.2. The van der Waals surface area contributed by atoms with Gasteiger partial charge in [0, 0.05) is 11.6 Å². The zero-order chi connectivity index (χ0) is 9.59. The van der Waals surface area contributed by atoms with Crippen LogP contribution >= 0.6 is 0 Å². The van der Waals surface area contributed by atoms with Gasteiger partial charge in [-0.3, -0.25) is 4.79 Å². The molecule has 4 heteroatoms. The summed E-state index contributed by atoms with van der Waals surface area (Å²) in [6, 6.07) is 2.40. The molecule has 0 fully saturated rings. The minimum atomic E-state index is -0.256. The second-order valence-electron chi connectivity index (χ2n) is 3.12. The number of aromatic hydroxyl groups is 2. The highest BCUT2D eigenvalue weighted by Gasteiger charge is 2.28. The Labute approximate surface area is 74.8 Å². The fraction of sp³-hybridized carbons (Fsp3) is 0.222. The molecule has 3 N–H and O–H groups in total. The molecule has 1 aromatic rings. The monoisotopic (exact) mass is 179 g/mol. The Balaban J connectivity index is 2.69. The highest BCUT2D eigenvalue weighted by molar-refractivity contribution is 6.00. The smallest absolute Gasteiger partial charge is 0.252 e. The van der Waals surface area contributed by atoms with Crippen LogP contribution in [-0.4, -0.2) is 16.1 Å². The van der Waals surface area contributed by atoms with Gasteiger partial charge in [0.2, 0.25) is 0 Å². The van der Waals surface area contributed by atoms with Gasteiger partial charge >= 0.3 is 0 Å². The van der Waals surface area contributed by atoms with Crippen molar-refractivity contribution in [1.82, 2.24) is 5.32 Å². The van der Waals surface area contributed by atoms with Crippen LogP contribution in [-0.2, 0) is 0 Å². The summed E-state index contributed by atoms with van der Waals surface area (Å²) in [7, 11) is 0. The fourth-order valence-electron chi connectivity index (χ4n) is 1.61. The van der Waals surface area contributed by atoms with Crippen molar-refractivity contribution in [1.29, 1.82) is 0 Å². The van der Waals surface area contributed by atoms with E-state index in [0.717, 1.165) is 0 Å². The van der Waals surface area contributed by atoms with E-state index in [9.17, 15) is 9.90 Å². The van der Waals surface area contributed by atoms with Gasteiger partial charge in [-0.2, -0.15) is 0 Å². The van der Waals surface area contributed by atoms with Crippen LogP contribution in [0.15, 0.2) is 12.1 Å². The summed E-state index contributed by atoms with van der Waals surface area (Å²) in [6.45, 7) is 1.78. The summed E-state index contributed by atoms with van der Waals surface area (Å²) in [5.41, 5.74) is 0.910. The van der Waals surface area contributed by atoms with Crippen molar-refractivity contribution in [3.8, 4) is 11.5 Å². The van der Waals surface area contributed by atoms with Crippen molar-refractivity contribution in [2.45, 2.75) is 13.0 Å². The third-order valence-electron chi connectivity index (χ3n) is 2.17. The van der Waals surface area contributed by atoms with Crippen molar-refractivity contribution >= 4 is 5.91 Å². The summed E-state index contributed by atoms with van der Waals surface area (Å²) < 4.78 is 0. The first kappa shape index (κ1) is 7.91. The van der Waals surface area contributed by atoms with Gasteiger partial charge in [-0.05, 0) is 13.0 Å². The first-order valence-corrected chi connectivity index (χ1v) is 3.96. The summed E-state index contributed by atoms with van der Waals surface area (Å²) in [5.74, 6) is -0.393. The largest absolute Gasteiger partial charge is 0.508 e. The molecule has 0 saturated heterocycles. The van der Waals surface area contributed by atoms with Gasteiger partial charge in [0.25, 0.3) is 5.91 Å². The van der Waals surface area contributed by atoms with Crippen molar-refractivity contribution in [3.63, 3.8) is 0 Å². The quantitative estimate of drug-likeness (QED) is 0.554. The zero-order valence-corrected chi connectivity index (χ0v) is 7.03. The highest BCUT2D eigenvalue weighted by Crippen LogP contribution is 2.35. The number of carbonyl (C=O) groups is 1. The molecule has 1 aromatic carbocycles. The molecule has 1 aliphatic heterocycles. The van der Waals surface area contributed by atoms with E-state index < -0.39 is 0 Å². The molecule has 1 atom stereocenters. The zero-order valence-electron chi connectivity index (χ0n) is 7.03. The van der Waals surface area contributed by atoms with Crippen LogP contribution in [0.25, 0.3) is 0 Å². The summed E-state index contributed by atoms with van der Waals surface area (Å²) in [6.07, 6.45) is 0. The second kappa shape index (κ2) is 2.39. The number of hydrogen-bond acceptors (Lipinski definition) is 3. The Hall–Kier alpha value is -1.71. The lowest BCUT2D eigenvalue weighted by Crippen LogP contribution is -2.16. The number of fused-ring (bicyclic) bond motifs is 1. The van der Waals surface area contributed by atoms with Crippen LogP contribution in [0.4, 0.5) is 0 Å². The Morgan fingerprint density at radius 1 is 1.38 bits per heavy atom. The van der Waals surface area contributed by atoms with Crippen molar-refractivity contribution < 1.29 is 15.0 Å². The molecule has 4 nitrogen and oxygen atoms in total. The van der Waals surface area contributed by atoms with Gasteiger partial charge in [-0.15, -0.1) is 0 Å². The van der Waals surface area contributed by atoms with Crippen LogP contribution in [0, 0.1) is 0 Å². The Morgan fingerprint density at radius 3 is 2.77 bits per heavy atom. The number of carbonyl (C=O) groups excluding carboxylic acids is 1. The average molecular weight is 179 g/mol. The van der Waals surface area contributed by atoms with Crippen LogP contribution in [0.1, 0.15) is 28.9 Å². The average Bonchev–Trinajstić information content (AvgIpc) is 2.27. The molecular weight excluding hydrogens is 170 g/mol. The third kappa shape index (κ3) is 1.02. The number of benzene rings is 1. The molecule has 13 heavy (non-hydrogen) atoms. The molecule has 0 saturated carbocycles. The van der Waals surface area contributed by atoms with E-state index in [4.69, 9.17) is 5.11 Å². The minimum Gasteiger partial charge on any atom is -0.508 e. The lowest BCUT2D eigenvalue weighted by Gasteiger charge is -2.05. The minimum absolute atomic E-state index is 0.0409. The first-order valence-electron chi connectivity index (χ1n) is 3.96. The number of nitrogens with one attached hydrogen (secondary N) is 1. The fourth-order valence-corrected chi connectivity index (χ4v) is 1.61. The maximum atomic E-state index is 11.2. The number of phenols is 2. The molecule has 0 bridgehead atoms. The van der Waals surface area contributed by atoms with Gasteiger partial charge in [0.05, 0.1) is 11.6 Å². The predicted octanol–water partition coefficient (Wildman–Crippen LogP) is 0.902. The third-order valence-corrected chi connectivity index (χ3v) is 2.17. The van der Waals surface area contributed by atoms with Gasteiger partial charge in [-0.25, -0.2) is 0 Å². The molecule has 1 unspecified atom stereocenters. The van der Waals surface area contributed by atoms with Gasteiger partial charge in [0.15, 0.2) is 0 Å². The molecule has 1 aliphatic rings. The Bertz CT molecular complexity index is 387. The number of amides is 1. The topological polar surface area (TPSA) is 69.6 Å². The van der Waals surface area contributed by atoms with E-state index in [2.05, 4.69) is 5.32 Å². The van der Waals surface area contributed by atoms with Crippen molar-refractivity contribution in [2.75, 3.05) is 0 Å². The summed E-state index contributed by atoms with van der Waals surface area (Å²) in [5, 5.41) is 21.2. The molecule has 0 aliphatic carbocycles. The second-order valence-corrected chi connectivity index (χ2v) is 3.12. The van der Waals surface area contributed by atoms with Crippen LogP contribution in [0.2, 0.25) is 0 Å². The van der Waals surface area contributed by atoms with E-state index in [-0.39, 0.29) is 23.4 Å². The van der Waals surface area contributed by atoms with E-state index in [1.54, 1.807) is 6.92 Å². The number of phenolic OH excluding ortho intramolecular Hbond substituents is 2. The maximum Gasteiger partial charge on any atom is 0.252 e. The van der Waals surface area contributed by atoms with Gasteiger partial charge in [-0.1, -0.05) is 0 Å². The molecule has 0 spiro atoms. The molecule has 1 heterocycles. The van der Waals surface area contributed by atoms with Crippen LogP contribution < -0.4 is 5.32 Å². The summed E-state index contributed by atoms with van der Waals surface area (Å²) >= 11 is 0. The first-order chi connectivity index (χ1) is 6.09. The van der Waals surface area contributed by atoms with Crippen molar-refractivity contribution in [2.24, 2.45) is 0 Å². The van der Waals surface area contributed by atoms with E-state index in [0.29, 0.717) is 11.1 Å². The number of rotatable bonds is 0. The van der Waals surface area contributed by atoms with E-state index in [1.807, 2.05) is 0 Å². The molecular formula is C9H9NO3. The van der Waals surface area contributed by atoms with Gasteiger partial charge in [0.1, 0.15) is 11.5 Å². The number of hydrogen-bond donors (Lipinski definition) is 3. The lowest BCUT2D eigenvalue weighted by molar-refractivity contribution is 0.0958. The summed E-state index contributed by atoms with van der Waals surface area (Å²) in [4.78, 5) is 11.2. The van der Waals surface area contributed by atoms with Crippen molar-refractivity contribution in [3.05, 3.63) is 23.3 Å². The van der Waals surface area contributed by atoms with Gasteiger partial charge < -0.3 is 15.5 Å². The standard InChI is InChI=1S/C9H9NO3/c1-4-8-6(9(13)10-4)2-5(11)3-7(8)12/h2-4,11-12H,1H3,(H,10,13). The Kier molecular flexibility index (Phi) is 1.45. The molecule has 2 rings (SSSR count). The van der Waals surface area contributed by atoms with Crippen LogP contribution in [0.5, 0.6) is 11.5 Å². The molecule has 0 radical (unpaired) electrons. The SMILES string of the molecule is CC1NC(=O)c2cc(O)cc(O)c21. The normalized spacial score (nSPS) is 19.8. The van der Waals surface area contributed by atoms with E-state index in [1.165, 1.54) is 12.1 Å². The lowest BCUT2D eigenvalue weighted by atomic mass is 10.0.